The van der Waals surface area contributed by atoms with Gasteiger partial charge in [0, 0.05) is 16.5 Å². The summed E-state index contributed by atoms with van der Waals surface area (Å²) in [5.74, 6) is 1.52. The second-order valence-corrected chi connectivity index (χ2v) is 13.8. The standard InChI is InChI=1S/C47H34N4/c1-47(2)42-27-30(29-48)17-23-40(42)41-24-22-35(28-43(41)47)37-26-25-36(38-15-9-10-16-39(37)38)31-18-20-34(21-19-31)46-50-44(32-11-5-3-6-12-32)49-45(51-46)33-13-7-4-8-14-33/h3-28,44H,1-2H3,(H,49,50,51). The SMILES string of the molecule is CC1(C)c2cc(C#N)ccc2-c2ccc(-c3ccc(-c4ccc(C5=NC(c6ccccc6)NC(c6ccccc6)=N5)cc4)c4ccccc34)cc21. The zero-order valence-electron chi connectivity index (χ0n) is 28.4. The molecule has 1 atom stereocenters. The van der Waals surface area contributed by atoms with Crippen LogP contribution in [0.25, 0.3) is 44.2 Å². The third-order valence-corrected chi connectivity index (χ3v) is 10.4. The monoisotopic (exact) mass is 654 g/mol. The second-order valence-electron chi connectivity index (χ2n) is 13.8. The van der Waals surface area contributed by atoms with Crippen LogP contribution in [0.15, 0.2) is 168 Å². The highest BCUT2D eigenvalue weighted by molar-refractivity contribution is 6.13. The molecule has 0 aromatic heterocycles. The van der Waals surface area contributed by atoms with Crippen LogP contribution in [0.3, 0.4) is 0 Å². The van der Waals surface area contributed by atoms with Crippen molar-refractivity contribution in [2.75, 3.05) is 0 Å². The smallest absolute Gasteiger partial charge is 0.159 e. The summed E-state index contributed by atoms with van der Waals surface area (Å²) in [6.07, 6.45) is -0.237. The fourth-order valence-electron chi connectivity index (χ4n) is 7.70. The molecule has 1 unspecified atom stereocenters. The maximum absolute atomic E-state index is 9.56. The highest BCUT2D eigenvalue weighted by atomic mass is 15.2. The van der Waals surface area contributed by atoms with Crippen LogP contribution in [-0.2, 0) is 5.41 Å². The van der Waals surface area contributed by atoms with Crippen LogP contribution in [-0.4, -0.2) is 11.7 Å². The molecule has 1 N–H and O–H groups in total. The lowest BCUT2D eigenvalue weighted by atomic mass is 9.81. The molecule has 7 aromatic rings. The van der Waals surface area contributed by atoms with Gasteiger partial charge in [-0.15, -0.1) is 0 Å². The van der Waals surface area contributed by atoms with E-state index >= 15 is 0 Å². The van der Waals surface area contributed by atoms with Gasteiger partial charge in [-0.25, -0.2) is 9.98 Å². The molecule has 2 aliphatic rings. The fourth-order valence-corrected chi connectivity index (χ4v) is 7.70. The fraction of sp³-hybridized carbons (Fsp3) is 0.0851. The van der Waals surface area contributed by atoms with E-state index in [2.05, 4.69) is 140 Å². The van der Waals surface area contributed by atoms with E-state index in [-0.39, 0.29) is 11.6 Å². The lowest BCUT2D eigenvalue weighted by molar-refractivity contribution is 0.660. The predicted octanol–water partition coefficient (Wildman–Crippen LogP) is 10.8. The number of hydrogen-bond donors (Lipinski definition) is 1. The van der Waals surface area contributed by atoms with Gasteiger partial charge in [-0.05, 0) is 79.0 Å². The topological polar surface area (TPSA) is 60.5 Å². The Kier molecular flexibility index (Phi) is 7.22. The van der Waals surface area contributed by atoms with Gasteiger partial charge in [0.2, 0.25) is 0 Å². The van der Waals surface area contributed by atoms with Crippen molar-refractivity contribution in [3.05, 3.63) is 191 Å². The van der Waals surface area contributed by atoms with Crippen molar-refractivity contribution in [2.24, 2.45) is 9.98 Å². The normalized spacial score (nSPS) is 15.6. The molecule has 51 heavy (non-hydrogen) atoms. The van der Waals surface area contributed by atoms with Crippen molar-refractivity contribution in [1.82, 2.24) is 5.32 Å². The number of nitriles is 1. The van der Waals surface area contributed by atoms with Crippen molar-refractivity contribution in [3.8, 4) is 39.4 Å². The molecule has 0 fully saturated rings. The average molecular weight is 655 g/mol. The molecule has 4 heteroatoms. The predicted molar refractivity (Wildman–Crippen MR) is 209 cm³/mol. The molecule has 7 aromatic carbocycles. The highest BCUT2D eigenvalue weighted by Gasteiger charge is 2.36. The summed E-state index contributed by atoms with van der Waals surface area (Å²) in [5, 5.41) is 15.5. The van der Waals surface area contributed by atoms with Gasteiger partial charge in [-0.2, -0.15) is 5.26 Å². The van der Waals surface area contributed by atoms with Gasteiger partial charge in [-0.3, -0.25) is 0 Å². The molecular weight excluding hydrogens is 621 g/mol. The maximum Gasteiger partial charge on any atom is 0.159 e. The van der Waals surface area contributed by atoms with E-state index in [1.807, 2.05) is 42.5 Å². The van der Waals surface area contributed by atoms with Crippen molar-refractivity contribution < 1.29 is 0 Å². The average Bonchev–Trinajstić information content (AvgIpc) is 3.42. The van der Waals surface area contributed by atoms with Gasteiger partial charge >= 0.3 is 0 Å². The van der Waals surface area contributed by atoms with E-state index in [1.54, 1.807) is 0 Å². The van der Waals surface area contributed by atoms with Gasteiger partial charge < -0.3 is 5.32 Å². The molecule has 0 saturated carbocycles. The number of nitrogens with one attached hydrogen (secondary N) is 1. The van der Waals surface area contributed by atoms with Crippen molar-refractivity contribution >= 4 is 22.4 Å². The summed E-state index contributed by atoms with van der Waals surface area (Å²) in [6, 6.07) is 57.6. The summed E-state index contributed by atoms with van der Waals surface area (Å²) in [6.45, 7) is 4.52. The molecule has 9 rings (SSSR count). The van der Waals surface area contributed by atoms with Crippen LogP contribution in [0, 0.1) is 11.3 Å². The number of amidine groups is 2. The third kappa shape index (κ3) is 5.23. The number of aliphatic imine (C=N–C) groups is 2. The summed E-state index contributed by atoms with van der Waals surface area (Å²) in [4.78, 5) is 10.0. The summed E-state index contributed by atoms with van der Waals surface area (Å²) >= 11 is 0. The summed E-state index contributed by atoms with van der Waals surface area (Å²) in [7, 11) is 0. The highest BCUT2D eigenvalue weighted by Crippen LogP contribution is 2.50. The molecular formula is C47H34N4. The maximum atomic E-state index is 9.56. The van der Waals surface area contributed by atoms with Crippen LogP contribution < -0.4 is 5.32 Å². The first-order valence-corrected chi connectivity index (χ1v) is 17.3. The summed E-state index contributed by atoms with van der Waals surface area (Å²) in [5.41, 5.74) is 13.3. The minimum Gasteiger partial charge on any atom is -0.344 e. The molecule has 242 valence electrons. The Balaban J connectivity index is 1.08. The number of nitrogens with zero attached hydrogens (tertiary/aromatic N) is 3. The van der Waals surface area contributed by atoms with Crippen LogP contribution in [0.1, 0.15) is 53.4 Å². The van der Waals surface area contributed by atoms with E-state index in [1.165, 1.54) is 49.7 Å². The Hall–Kier alpha value is -6.57. The number of fused-ring (bicyclic) bond motifs is 4. The second kappa shape index (κ2) is 12.1. The third-order valence-electron chi connectivity index (χ3n) is 10.4. The molecule has 0 amide bonds. The lowest BCUT2D eigenvalue weighted by Gasteiger charge is -2.23. The zero-order valence-corrected chi connectivity index (χ0v) is 28.4. The first-order chi connectivity index (χ1) is 25.0. The molecule has 0 radical (unpaired) electrons. The number of benzene rings is 7. The van der Waals surface area contributed by atoms with Gasteiger partial charge in [0.05, 0.1) is 11.6 Å². The Morgan fingerprint density at radius 1 is 0.549 bits per heavy atom. The first-order valence-electron chi connectivity index (χ1n) is 17.3. The van der Waals surface area contributed by atoms with Gasteiger partial charge in [0.25, 0.3) is 0 Å². The van der Waals surface area contributed by atoms with Gasteiger partial charge in [-0.1, -0.05) is 153 Å². The van der Waals surface area contributed by atoms with E-state index in [0.29, 0.717) is 11.4 Å². The molecule has 0 saturated heterocycles. The summed E-state index contributed by atoms with van der Waals surface area (Å²) < 4.78 is 0. The zero-order chi connectivity index (χ0) is 34.5. The van der Waals surface area contributed by atoms with E-state index in [9.17, 15) is 5.26 Å². The molecule has 1 aliphatic heterocycles. The van der Waals surface area contributed by atoms with Crippen LogP contribution in [0.2, 0.25) is 0 Å². The van der Waals surface area contributed by atoms with E-state index in [0.717, 1.165) is 28.1 Å². The number of rotatable bonds is 5. The lowest BCUT2D eigenvalue weighted by Crippen LogP contribution is -2.33. The van der Waals surface area contributed by atoms with Crippen LogP contribution in [0.5, 0.6) is 0 Å². The Labute approximate surface area is 298 Å². The van der Waals surface area contributed by atoms with E-state index in [4.69, 9.17) is 9.98 Å². The quantitative estimate of drug-likeness (QED) is 0.201. The Morgan fingerprint density at radius 2 is 1.10 bits per heavy atom. The molecule has 0 spiro atoms. The number of hydrogen-bond acceptors (Lipinski definition) is 4. The molecule has 4 nitrogen and oxygen atoms in total. The van der Waals surface area contributed by atoms with Crippen molar-refractivity contribution in [3.63, 3.8) is 0 Å². The molecule has 1 aliphatic carbocycles. The van der Waals surface area contributed by atoms with E-state index < -0.39 is 0 Å². The van der Waals surface area contributed by atoms with Crippen LogP contribution >= 0.6 is 0 Å². The Morgan fingerprint density at radius 3 is 1.78 bits per heavy atom. The minimum absolute atomic E-state index is 0.198. The van der Waals surface area contributed by atoms with Crippen LogP contribution in [0.4, 0.5) is 0 Å². The minimum atomic E-state index is -0.237. The largest absolute Gasteiger partial charge is 0.344 e. The molecule has 0 bridgehead atoms. The van der Waals surface area contributed by atoms with Gasteiger partial charge in [0.1, 0.15) is 12.0 Å². The molecule has 1 heterocycles. The van der Waals surface area contributed by atoms with Crippen molar-refractivity contribution in [2.45, 2.75) is 25.4 Å². The van der Waals surface area contributed by atoms with Gasteiger partial charge in [0.15, 0.2) is 5.84 Å². The Bertz CT molecular complexity index is 2570. The first kappa shape index (κ1) is 30.5. The van der Waals surface area contributed by atoms with Crippen molar-refractivity contribution in [1.29, 1.82) is 5.26 Å².